The first-order chi connectivity index (χ1) is 13.5. The van der Waals surface area contributed by atoms with E-state index in [-0.39, 0.29) is 18.2 Å². The van der Waals surface area contributed by atoms with E-state index in [0.29, 0.717) is 16.5 Å². The number of benzene rings is 2. The van der Waals surface area contributed by atoms with E-state index in [1.165, 1.54) is 4.90 Å². The Morgan fingerprint density at radius 1 is 1.25 bits per heavy atom. The third kappa shape index (κ3) is 4.07. The van der Waals surface area contributed by atoms with Gasteiger partial charge in [0.2, 0.25) is 11.8 Å². The first-order valence-electron chi connectivity index (χ1n) is 8.96. The minimum atomic E-state index is -0.625. The van der Waals surface area contributed by atoms with Crippen LogP contribution in [0.4, 0.5) is 11.4 Å². The van der Waals surface area contributed by atoms with Gasteiger partial charge in [-0.25, -0.2) is 9.89 Å². The number of nitrogens with zero attached hydrogens (tertiary/aromatic N) is 3. The number of thioether (sulfide) groups is 1. The summed E-state index contributed by atoms with van der Waals surface area (Å²) in [6, 6.07) is 14.9. The molecule has 0 aliphatic carbocycles. The van der Waals surface area contributed by atoms with Crippen LogP contribution in [0.1, 0.15) is 24.5 Å². The summed E-state index contributed by atoms with van der Waals surface area (Å²) in [7, 11) is 0. The fourth-order valence-corrected chi connectivity index (χ4v) is 4.11. The largest absolute Gasteiger partial charge is 0.274 e. The summed E-state index contributed by atoms with van der Waals surface area (Å²) in [6.45, 7) is 3.89. The second kappa shape index (κ2) is 8.72. The molecule has 1 unspecified atom stereocenters. The average Bonchev–Trinajstić information content (AvgIpc) is 2.96. The number of nitriles is 1. The van der Waals surface area contributed by atoms with Crippen molar-refractivity contribution in [2.75, 3.05) is 4.90 Å². The number of amides is 2. The van der Waals surface area contributed by atoms with Crippen molar-refractivity contribution in [3.8, 4) is 6.19 Å². The molecule has 28 heavy (non-hydrogen) atoms. The number of carbonyl (C=O) groups is 2. The van der Waals surface area contributed by atoms with E-state index in [4.69, 9.17) is 5.26 Å². The molecule has 0 spiro atoms. The number of para-hydroxylation sites is 2. The van der Waals surface area contributed by atoms with Crippen molar-refractivity contribution in [1.29, 1.82) is 5.26 Å². The highest BCUT2D eigenvalue weighted by Gasteiger charge is 2.42. The molecule has 1 aliphatic heterocycles. The lowest BCUT2D eigenvalue weighted by molar-refractivity contribution is -0.121. The van der Waals surface area contributed by atoms with Crippen molar-refractivity contribution >= 4 is 40.1 Å². The molecule has 1 heterocycles. The average molecular weight is 392 g/mol. The summed E-state index contributed by atoms with van der Waals surface area (Å²) < 4.78 is 0. The number of carbonyl (C=O) groups excluding carboxylic acids is 2. The van der Waals surface area contributed by atoms with Gasteiger partial charge in [0.15, 0.2) is 11.4 Å². The summed E-state index contributed by atoms with van der Waals surface area (Å²) in [6.07, 6.45) is 2.64. The Labute approximate surface area is 168 Å². The minimum absolute atomic E-state index is 0.0713. The van der Waals surface area contributed by atoms with Gasteiger partial charge in [0.05, 0.1) is 11.4 Å². The predicted octanol–water partition coefficient (Wildman–Crippen LogP) is 3.68. The molecule has 142 valence electrons. The molecule has 1 aliphatic rings. The second-order valence-electron chi connectivity index (χ2n) is 6.30. The zero-order valence-corrected chi connectivity index (χ0v) is 16.5. The molecule has 6 nitrogen and oxygen atoms in total. The van der Waals surface area contributed by atoms with Crippen LogP contribution in [0.2, 0.25) is 0 Å². The van der Waals surface area contributed by atoms with E-state index in [9.17, 15) is 9.59 Å². The van der Waals surface area contributed by atoms with Crippen molar-refractivity contribution in [2.24, 2.45) is 4.99 Å². The molecule has 1 N–H and O–H groups in total. The minimum Gasteiger partial charge on any atom is -0.274 e. The van der Waals surface area contributed by atoms with Gasteiger partial charge in [-0.1, -0.05) is 55.1 Å². The lowest BCUT2D eigenvalue weighted by atomic mass is 10.0. The van der Waals surface area contributed by atoms with Crippen LogP contribution >= 0.6 is 11.8 Å². The Kier molecular flexibility index (Phi) is 6.12. The number of rotatable bonds is 4. The molecule has 1 fully saturated rings. The normalized spacial score (nSPS) is 17.0. The van der Waals surface area contributed by atoms with Gasteiger partial charge in [0, 0.05) is 6.42 Å². The fourth-order valence-electron chi connectivity index (χ4n) is 3.14. The number of aliphatic imine (C=N–C) groups is 1. The van der Waals surface area contributed by atoms with Crippen LogP contribution in [0.15, 0.2) is 53.5 Å². The number of amidine groups is 1. The first kappa shape index (κ1) is 19.6. The Balaban J connectivity index is 1.87. The van der Waals surface area contributed by atoms with E-state index in [2.05, 4.69) is 10.3 Å². The van der Waals surface area contributed by atoms with Crippen LogP contribution in [-0.2, 0) is 16.0 Å². The van der Waals surface area contributed by atoms with Gasteiger partial charge in [0.25, 0.3) is 0 Å². The third-order valence-electron chi connectivity index (χ3n) is 4.43. The lowest BCUT2D eigenvalue weighted by Gasteiger charge is -2.20. The summed E-state index contributed by atoms with van der Waals surface area (Å²) in [5.74, 6) is -0.512. The monoisotopic (exact) mass is 392 g/mol. The zero-order valence-electron chi connectivity index (χ0n) is 15.7. The molecule has 3 rings (SSSR count). The van der Waals surface area contributed by atoms with Crippen molar-refractivity contribution in [3.63, 3.8) is 0 Å². The highest BCUT2D eigenvalue weighted by atomic mass is 32.2. The van der Waals surface area contributed by atoms with Gasteiger partial charge in [-0.05, 0) is 36.6 Å². The maximum Gasteiger partial charge on any atom is 0.247 e. The summed E-state index contributed by atoms with van der Waals surface area (Å²) in [4.78, 5) is 31.4. The molecule has 1 saturated heterocycles. The SMILES string of the molecule is CCc1cccc(C)c1N1C(=O)CC(SC(=Nc2ccccc2)NC#N)C1=O. The number of hydrogen-bond acceptors (Lipinski definition) is 5. The molecule has 0 saturated carbocycles. The highest BCUT2D eigenvalue weighted by Crippen LogP contribution is 2.34. The van der Waals surface area contributed by atoms with Crippen molar-refractivity contribution < 1.29 is 9.59 Å². The number of anilines is 1. The van der Waals surface area contributed by atoms with Crippen molar-refractivity contribution in [3.05, 3.63) is 59.7 Å². The zero-order chi connectivity index (χ0) is 20.1. The molecule has 0 bridgehead atoms. The number of aryl methyl sites for hydroxylation is 2. The summed E-state index contributed by atoms with van der Waals surface area (Å²) in [5.41, 5.74) is 3.19. The molecule has 7 heteroatoms. The van der Waals surface area contributed by atoms with Gasteiger partial charge in [-0.15, -0.1) is 0 Å². The Bertz CT molecular complexity index is 966. The van der Waals surface area contributed by atoms with E-state index >= 15 is 0 Å². The topological polar surface area (TPSA) is 85.6 Å². The van der Waals surface area contributed by atoms with E-state index in [1.54, 1.807) is 12.1 Å². The number of hydrogen-bond donors (Lipinski definition) is 1. The number of nitrogens with one attached hydrogen (secondary N) is 1. The fraction of sp³-hybridized carbons (Fsp3) is 0.238. The van der Waals surface area contributed by atoms with E-state index in [1.807, 2.05) is 56.4 Å². The highest BCUT2D eigenvalue weighted by molar-refractivity contribution is 8.15. The van der Waals surface area contributed by atoms with Crippen molar-refractivity contribution in [1.82, 2.24) is 5.32 Å². The second-order valence-corrected chi connectivity index (χ2v) is 7.49. The van der Waals surface area contributed by atoms with E-state index in [0.717, 1.165) is 29.3 Å². The predicted molar refractivity (Wildman–Crippen MR) is 111 cm³/mol. The smallest absolute Gasteiger partial charge is 0.247 e. The van der Waals surface area contributed by atoms with Crippen LogP contribution < -0.4 is 10.2 Å². The molecule has 1 atom stereocenters. The molecular formula is C21H20N4O2S. The molecule has 2 aromatic rings. The number of imide groups is 1. The van der Waals surface area contributed by atoms with Crippen LogP contribution in [0.3, 0.4) is 0 Å². The van der Waals surface area contributed by atoms with Crippen LogP contribution in [0.5, 0.6) is 0 Å². The molecule has 0 radical (unpaired) electrons. The van der Waals surface area contributed by atoms with Gasteiger partial charge in [0.1, 0.15) is 5.25 Å². The molecule has 2 amide bonds. The quantitative estimate of drug-likeness (QED) is 0.282. The van der Waals surface area contributed by atoms with E-state index < -0.39 is 5.25 Å². The Morgan fingerprint density at radius 2 is 2.00 bits per heavy atom. The van der Waals surface area contributed by atoms with Crippen molar-refractivity contribution in [2.45, 2.75) is 31.9 Å². The molecule has 2 aromatic carbocycles. The maximum absolute atomic E-state index is 13.0. The molecular weight excluding hydrogens is 372 g/mol. The van der Waals surface area contributed by atoms with Crippen LogP contribution in [0.25, 0.3) is 0 Å². The summed E-state index contributed by atoms with van der Waals surface area (Å²) in [5, 5.41) is 11.2. The van der Waals surface area contributed by atoms with Gasteiger partial charge in [-0.3, -0.25) is 14.9 Å². The molecule has 0 aromatic heterocycles. The Hall–Kier alpha value is -3.11. The Morgan fingerprint density at radius 3 is 2.68 bits per heavy atom. The standard InChI is InChI=1S/C21H20N4O2S/c1-3-15-9-7-8-14(2)19(15)25-18(26)12-17(20(25)27)28-21(23-13-22)24-16-10-5-4-6-11-16/h4-11,17H,3,12H2,1-2H3,(H,23,24). The van der Waals surface area contributed by atoms with Crippen LogP contribution in [-0.4, -0.2) is 22.2 Å². The summed E-state index contributed by atoms with van der Waals surface area (Å²) >= 11 is 1.11. The van der Waals surface area contributed by atoms with Gasteiger partial charge in [-0.2, -0.15) is 5.26 Å². The lowest BCUT2D eigenvalue weighted by Crippen LogP contribution is -2.33. The van der Waals surface area contributed by atoms with Gasteiger partial charge >= 0.3 is 0 Å². The maximum atomic E-state index is 13.0. The van der Waals surface area contributed by atoms with Crippen LogP contribution in [0, 0.1) is 18.4 Å². The third-order valence-corrected chi connectivity index (χ3v) is 5.50. The first-order valence-corrected chi connectivity index (χ1v) is 9.84. The van der Waals surface area contributed by atoms with Gasteiger partial charge < -0.3 is 0 Å².